The van der Waals surface area contributed by atoms with E-state index in [-0.39, 0.29) is 0 Å². The zero-order chi connectivity index (χ0) is 17.4. The molecule has 0 spiro atoms. The molecular weight excluding hydrogens is 334 g/mol. The quantitative estimate of drug-likeness (QED) is 0.582. The molecule has 0 unspecified atom stereocenters. The fourth-order valence-corrected chi connectivity index (χ4v) is 1.75. The molecule has 0 saturated carbocycles. The molecule has 1 nitrogen and oxygen atoms in total. The molecular formula is C20H32BrN. The molecule has 22 heavy (non-hydrogen) atoms. The minimum absolute atomic E-state index is 1.01. The molecule has 0 bridgehead atoms. The zero-order valence-electron chi connectivity index (χ0n) is 15.2. The van der Waals surface area contributed by atoms with E-state index >= 15 is 0 Å². The molecule has 0 aliphatic rings. The summed E-state index contributed by atoms with van der Waals surface area (Å²) in [6.07, 6.45) is 0. The topological polar surface area (TPSA) is 3.24 Å². The fourth-order valence-electron chi connectivity index (χ4n) is 1.49. The van der Waals surface area contributed by atoms with E-state index in [4.69, 9.17) is 0 Å². The number of halogens is 1. The van der Waals surface area contributed by atoms with E-state index in [0.29, 0.717) is 0 Å². The molecule has 2 heteroatoms. The highest BCUT2D eigenvalue weighted by Gasteiger charge is 1.93. The van der Waals surface area contributed by atoms with Gasteiger partial charge in [0.2, 0.25) is 0 Å². The van der Waals surface area contributed by atoms with Crippen LogP contribution in [0.25, 0.3) is 0 Å². The van der Waals surface area contributed by atoms with E-state index in [1.165, 1.54) is 11.1 Å². The van der Waals surface area contributed by atoms with Gasteiger partial charge >= 0.3 is 0 Å². The minimum atomic E-state index is 1.01. The molecule has 2 aromatic rings. The third kappa shape index (κ3) is 13.8. The van der Waals surface area contributed by atoms with Gasteiger partial charge in [0, 0.05) is 11.0 Å². The van der Waals surface area contributed by atoms with Crippen molar-refractivity contribution in [3.8, 4) is 0 Å². The summed E-state index contributed by atoms with van der Waals surface area (Å²) in [5.41, 5.74) is 2.67. The van der Waals surface area contributed by atoms with Crippen LogP contribution in [0.15, 0.2) is 59.1 Å². The van der Waals surface area contributed by atoms with Crippen LogP contribution in [0.4, 0.5) is 0 Å². The van der Waals surface area contributed by atoms with Gasteiger partial charge in [-0.25, -0.2) is 0 Å². The Balaban J connectivity index is 0. The highest BCUT2D eigenvalue weighted by molar-refractivity contribution is 9.10. The van der Waals surface area contributed by atoms with E-state index in [1.807, 2.05) is 45.9 Å². The van der Waals surface area contributed by atoms with Crippen LogP contribution in [0.2, 0.25) is 0 Å². The predicted octanol–water partition coefficient (Wildman–Crippen LogP) is 6.56. The molecule has 0 saturated heterocycles. The average Bonchev–Trinajstić information content (AvgIpc) is 2.54. The molecule has 2 rings (SSSR count). The Labute approximate surface area is 146 Å². The smallest absolute Gasteiger partial charge is 0.0227 e. The summed E-state index contributed by atoms with van der Waals surface area (Å²) >= 11 is 3.40. The molecule has 0 heterocycles. The van der Waals surface area contributed by atoms with Gasteiger partial charge in [-0.2, -0.15) is 0 Å². The van der Waals surface area contributed by atoms with E-state index in [1.54, 1.807) is 0 Å². The largest absolute Gasteiger partial charge is 0.305 e. The van der Waals surface area contributed by atoms with Gasteiger partial charge in [0.25, 0.3) is 0 Å². The van der Waals surface area contributed by atoms with Gasteiger partial charge < -0.3 is 4.90 Å². The normalized spacial score (nSPS) is 8.59. The van der Waals surface area contributed by atoms with Crippen LogP contribution < -0.4 is 0 Å². The van der Waals surface area contributed by atoms with Crippen molar-refractivity contribution >= 4 is 15.9 Å². The second-order valence-corrected chi connectivity index (χ2v) is 5.43. The molecule has 2 aromatic carbocycles. The van der Waals surface area contributed by atoms with Crippen LogP contribution in [0.3, 0.4) is 0 Å². The third-order valence-corrected chi connectivity index (χ3v) is 2.88. The van der Waals surface area contributed by atoms with Crippen molar-refractivity contribution in [2.75, 3.05) is 14.1 Å². The summed E-state index contributed by atoms with van der Waals surface area (Å²) < 4.78 is 1.14. The number of nitrogens with zero attached hydrogens (tertiary/aromatic N) is 1. The number of hydrogen-bond donors (Lipinski definition) is 0. The van der Waals surface area contributed by atoms with Crippen LogP contribution in [-0.2, 0) is 6.54 Å². The Hall–Kier alpha value is -1.12. The van der Waals surface area contributed by atoms with Crippen molar-refractivity contribution in [1.82, 2.24) is 4.90 Å². The molecule has 0 aliphatic carbocycles. The standard InChI is InChI=1S/C9H12BrN.C7H8.2C2H6/c1-11(2)7-8-3-5-9(10)6-4-8;1-7-5-3-2-4-6-7;2*1-2/h3-6H,7H2,1-2H3;2-6H,1H3;2*1-2H3. The Morgan fingerprint density at radius 1 is 0.773 bits per heavy atom. The summed E-state index contributed by atoms with van der Waals surface area (Å²) in [4.78, 5) is 2.16. The van der Waals surface area contributed by atoms with E-state index in [0.717, 1.165) is 11.0 Å². The summed E-state index contributed by atoms with van der Waals surface area (Å²) in [5, 5.41) is 0. The minimum Gasteiger partial charge on any atom is -0.305 e. The Kier molecular flexibility index (Phi) is 17.1. The maximum absolute atomic E-state index is 3.40. The monoisotopic (exact) mass is 365 g/mol. The van der Waals surface area contributed by atoms with Gasteiger partial charge in [-0.3, -0.25) is 0 Å². The van der Waals surface area contributed by atoms with Gasteiger partial charge in [0.05, 0.1) is 0 Å². The lowest BCUT2D eigenvalue weighted by Crippen LogP contribution is -2.10. The molecule has 0 radical (unpaired) electrons. The van der Waals surface area contributed by atoms with E-state index < -0.39 is 0 Å². The van der Waals surface area contributed by atoms with Crippen LogP contribution in [-0.4, -0.2) is 19.0 Å². The van der Waals surface area contributed by atoms with Gasteiger partial charge in [-0.1, -0.05) is 91.7 Å². The summed E-state index contributed by atoms with van der Waals surface area (Å²) in [6, 6.07) is 18.7. The Morgan fingerprint density at radius 3 is 1.55 bits per heavy atom. The molecule has 124 valence electrons. The SMILES string of the molecule is CC.CC.CN(C)Cc1ccc(Br)cc1.Cc1ccccc1. The van der Waals surface area contributed by atoms with Crippen LogP contribution in [0, 0.1) is 6.92 Å². The van der Waals surface area contributed by atoms with Crippen LogP contribution in [0.1, 0.15) is 38.8 Å². The first-order valence-corrected chi connectivity index (χ1v) is 8.78. The molecule has 0 atom stereocenters. The summed E-state index contributed by atoms with van der Waals surface area (Å²) in [5.74, 6) is 0. The first-order chi connectivity index (χ1) is 10.6. The molecule has 0 N–H and O–H groups in total. The lowest BCUT2D eigenvalue weighted by atomic mass is 10.2. The Bertz CT molecular complexity index is 435. The van der Waals surface area contributed by atoms with Crippen molar-refractivity contribution in [3.05, 3.63) is 70.2 Å². The van der Waals surface area contributed by atoms with Crippen molar-refractivity contribution in [2.24, 2.45) is 0 Å². The lowest BCUT2D eigenvalue weighted by Gasteiger charge is -2.08. The second-order valence-electron chi connectivity index (χ2n) is 4.52. The van der Waals surface area contributed by atoms with Gasteiger partial charge in [0.15, 0.2) is 0 Å². The van der Waals surface area contributed by atoms with Crippen LogP contribution >= 0.6 is 15.9 Å². The van der Waals surface area contributed by atoms with Gasteiger partial charge in [0.1, 0.15) is 0 Å². The summed E-state index contributed by atoms with van der Waals surface area (Å²) in [7, 11) is 4.14. The zero-order valence-corrected chi connectivity index (χ0v) is 16.8. The van der Waals surface area contributed by atoms with Crippen molar-refractivity contribution in [3.63, 3.8) is 0 Å². The molecule has 0 amide bonds. The summed E-state index contributed by atoms with van der Waals surface area (Å²) in [6.45, 7) is 11.1. The van der Waals surface area contributed by atoms with Crippen molar-refractivity contribution in [2.45, 2.75) is 41.2 Å². The molecule has 0 fully saturated rings. The maximum atomic E-state index is 3.40. The second kappa shape index (κ2) is 16.3. The lowest BCUT2D eigenvalue weighted by molar-refractivity contribution is 0.402. The highest BCUT2D eigenvalue weighted by Crippen LogP contribution is 2.10. The van der Waals surface area contributed by atoms with Crippen LogP contribution in [0.5, 0.6) is 0 Å². The number of aryl methyl sites for hydroxylation is 1. The maximum Gasteiger partial charge on any atom is 0.0227 e. The molecule has 0 aliphatic heterocycles. The molecule has 0 aromatic heterocycles. The number of rotatable bonds is 2. The highest BCUT2D eigenvalue weighted by atomic mass is 79.9. The Morgan fingerprint density at radius 2 is 1.23 bits per heavy atom. The van der Waals surface area contributed by atoms with E-state index in [9.17, 15) is 0 Å². The van der Waals surface area contributed by atoms with Crippen molar-refractivity contribution in [1.29, 1.82) is 0 Å². The van der Waals surface area contributed by atoms with E-state index in [2.05, 4.69) is 78.2 Å². The number of benzene rings is 2. The predicted molar refractivity (Wildman–Crippen MR) is 105 cm³/mol. The third-order valence-electron chi connectivity index (χ3n) is 2.35. The number of hydrogen-bond acceptors (Lipinski definition) is 1. The average molecular weight is 366 g/mol. The van der Waals surface area contributed by atoms with Gasteiger partial charge in [-0.15, -0.1) is 0 Å². The van der Waals surface area contributed by atoms with Crippen molar-refractivity contribution < 1.29 is 0 Å². The first-order valence-electron chi connectivity index (χ1n) is 7.99. The first kappa shape index (κ1) is 23.2. The fraction of sp³-hybridized carbons (Fsp3) is 0.400. The van der Waals surface area contributed by atoms with Gasteiger partial charge in [-0.05, 0) is 38.7 Å².